The summed E-state index contributed by atoms with van der Waals surface area (Å²) in [7, 11) is 0. The fourth-order valence-corrected chi connectivity index (χ4v) is 4.24. The molecule has 0 radical (unpaired) electrons. The number of thioether (sulfide) groups is 1. The second-order valence-electron chi connectivity index (χ2n) is 4.78. The molecule has 2 unspecified atom stereocenters. The summed E-state index contributed by atoms with van der Waals surface area (Å²) in [6.07, 6.45) is 1.29. The number of carboxylic acid groups (broad SMARTS) is 1. The lowest BCUT2D eigenvalue weighted by atomic mass is 10.0. The van der Waals surface area contributed by atoms with E-state index in [4.69, 9.17) is 5.11 Å². The van der Waals surface area contributed by atoms with Gasteiger partial charge in [-0.2, -0.15) is 0 Å². The zero-order valence-corrected chi connectivity index (χ0v) is 12.8. The maximum Gasteiger partial charge on any atom is 0.352 e. The van der Waals surface area contributed by atoms with Gasteiger partial charge in [-0.3, -0.25) is 14.5 Å². The second-order valence-corrected chi connectivity index (χ2v) is 7.05. The van der Waals surface area contributed by atoms with Crippen molar-refractivity contribution in [1.29, 1.82) is 0 Å². The van der Waals surface area contributed by atoms with Crippen LogP contribution in [0.15, 0.2) is 29.3 Å². The molecule has 1 saturated heterocycles. The number of carboxylic acids is 1. The summed E-state index contributed by atoms with van der Waals surface area (Å²) < 4.78 is 0. The molecular formula is C13H12N2O5S2. The van der Waals surface area contributed by atoms with Crippen molar-refractivity contribution in [2.24, 2.45) is 0 Å². The molecule has 3 atom stereocenters. The van der Waals surface area contributed by atoms with Crippen molar-refractivity contribution in [3.63, 3.8) is 0 Å². The topological polar surface area (TPSA) is 107 Å². The lowest BCUT2D eigenvalue weighted by molar-refractivity contribution is -0.150. The third-order valence-electron chi connectivity index (χ3n) is 3.33. The van der Waals surface area contributed by atoms with Crippen LogP contribution in [0.4, 0.5) is 0 Å². The van der Waals surface area contributed by atoms with Crippen LogP contribution >= 0.6 is 23.1 Å². The maximum absolute atomic E-state index is 12.1. The predicted molar refractivity (Wildman–Crippen MR) is 79.9 cm³/mol. The van der Waals surface area contributed by atoms with E-state index in [1.807, 2.05) is 17.5 Å². The van der Waals surface area contributed by atoms with Crippen LogP contribution in [0.2, 0.25) is 0 Å². The standard InChI is InChI=1S/C13H12N2O5S2/c16-8(4-6-2-1-3-21-6)14-10-11(18)15-7(13(19)20)5-9(17)22-12(10)15/h1-3,5,9-10,12,17H,4H2,(H,14,16)(H,19,20)/t9?,10?,12-/m0/s1. The molecule has 3 rings (SSSR count). The highest BCUT2D eigenvalue weighted by Gasteiger charge is 2.54. The predicted octanol–water partition coefficient (Wildman–Crippen LogP) is -0.0226. The van der Waals surface area contributed by atoms with Crippen LogP contribution in [0.3, 0.4) is 0 Å². The summed E-state index contributed by atoms with van der Waals surface area (Å²) in [6, 6.07) is 2.85. The molecule has 0 aromatic carbocycles. The first kappa shape index (κ1) is 15.1. The SMILES string of the molecule is O=C(Cc1cccs1)NC1C(=O)N2C(C(=O)O)=CC(O)S[C@@H]12. The number of fused-ring (bicyclic) bond motifs is 1. The summed E-state index contributed by atoms with van der Waals surface area (Å²) >= 11 is 2.47. The molecule has 2 aliphatic rings. The quantitative estimate of drug-likeness (QED) is 0.665. The Bertz CT molecular complexity index is 657. The molecule has 0 bridgehead atoms. The largest absolute Gasteiger partial charge is 0.477 e. The number of aliphatic carboxylic acids is 1. The molecule has 2 amide bonds. The summed E-state index contributed by atoms with van der Waals surface area (Å²) in [4.78, 5) is 37.1. The van der Waals surface area contributed by atoms with Crippen molar-refractivity contribution in [2.45, 2.75) is 23.3 Å². The highest BCUT2D eigenvalue weighted by molar-refractivity contribution is 8.00. The van der Waals surface area contributed by atoms with Crippen LogP contribution in [0.5, 0.6) is 0 Å². The molecule has 116 valence electrons. The number of rotatable bonds is 4. The molecule has 9 heteroatoms. The maximum atomic E-state index is 12.1. The van der Waals surface area contributed by atoms with Crippen molar-refractivity contribution in [3.05, 3.63) is 34.2 Å². The van der Waals surface area contributed by atoms with Gasteiger partial charge in [-0.25, -0.2) is 4.79 Å². The van der Waals surface area contributed by atoms with Crippen LogP contribution < -0.4 is 5.32 Å². The number of hydrogen-bond donors (Lipinski definition) is 3. The molecule has 0 aliphatic carbocycles. The van der Waals surface area contributed by atoms with Gasteiger partial charge in [-0.05, 0) is 17.5 Å². The molecule has 7 nitrogen and oxygen atoms in total. The molecule has 22 heavy (non-hydrogen) atoms. The Hall–Kier alpha value is -1.84. The van der Waals surface area contributed by atoms with Crippen molar-refractivity contribution >= 4 is 40.9 Å². The van der Waals surface area contributed by atoms with Crippen molar-refractivity contribution in [3.8, 4) is 0 Å². The minimum Gasteiger partial charge on any atom is -0.477 e. The Labute approximate surface area is 133 Å². The second kappa shape index (κ2) is 5.75. The molecule has 1 aromatic heterocycles. The van der Waals surface area contributed by atoms with Gasteiger partial charge in [0.2, 0.25) is 5.91 Å². The number of carbonyl (C=O) groups excluding carboxylic acids is 2. The van der Waals surface area contributed by atoms with Crippen LogP contribution in [0, 0.1) is 0 Å². The Balaban J connectivity index is 1.68. The molecule has 1 fully saturated rings. The minimum atomic E-state index is -1.28. The summed E-state index contributed by atoms with van der Waals surface area (Å²) in [5.74, 6) is -2.05. The normalized spacial score (nSPS) is 26.8. The zero-order valence-electron chi connectivity index (χ0n) is 11.1. The van der Waals surface area contributed by atoms with Gasteiger partial charge in [0.1, 0.15) is 22.5 Å². The Morgan fingerprint density at radius 3 is 2.82 bits per heavy atom. The van der Waals surface area contributed by atoms with E-state index in [-0.39, 0.29) is 18.0 Å². The summed E-state index contributed by atoms with van der Waals surface area (Å²) in [6.45, 7) is 0. The first-order valence-electron chi connectivity index (χ1n) is 6.41. The first-order chi connectivity index (χ1) is 10.5. The zero-order chi connectivity index (χ0) is 15.9. The van der Waals surface area contributed by atoms with Gasteiger partial charge in [0.15, 0.2) is 0 Å². The number of thiophene rings is 1. The number of β-lactam (4-membered cyclic amide) rings is 1. The fraction of sp³-hybridized carbons (Fsp3) is 0.308. The number of aliphatic hydroxyl groups is 1. The number of aliphatic hydroxyl groups excluding tert-OH is 1. The summed E-state index contributed by atoms with van der Waals surface area (Å²) in [5.41, 5.74) is -1.26. The number of amides is 2. The molecule has 3 N–H and O–H groups in total. The van der Waals surface area contributed by atoms with Gasteiger partial charge in [-0.15, -0.1) is 11.3 Å². The van der Waals surface area contributed by atoms with E-state index in [2.05, 4.69) is 5.32 Å². The molecular weight excluding hydrogens is 328 g/mol. The Morgan fingerprint density at radius 2 is 2.18 bits per heavy atom. The van der Waals surface area contributed by atoms with Crippen molar-refractivity contribution < 1.29 is 24.6 Å². The molecule has 1 aromatic rings. The Kier molecular flexibility index (Phi) is 3.94. The fourth-order valence-electron chi connectivity index (χ4n) is 2.36. The van der Waals surface area contributed by atoms with Crippen LogP contribution in [0.25, 0.3) is 0 Å². The van der Waals surface area contributed by atoms with E-state index in [1.54, 1.807) is 0 Å². The lowest BCUT2D eigenvalue weighted by Crippen LogP contribution is -2.70. The van der Waals surface area contributed by atoms with E-state index in [9.17, 15) is 19.5 Å². The summed E-state index contributed by atoms with van der Waals surface area (Å²) in [5, 5.41) is 22.6. The van der Waals surface area contributed by atoms with Gasteiger partial charge in [0.25, 0.3) is 5.91 Å². The number of carbonyl (C=O) groups is 3. The average molecular weight is 340 g/mol. The van der Waals surface area contributed by atoms with Gasteiger partial charge in [0, 0.05) is 4.88 Å². The van der Waals surface area contributed by atoms with Gasteiger partial charge in [-0.1, -0.05) is 17.8 Å². The molecule has 0 saturated carbocycles. The van der Waals surface area contributed by atoms with E-state index >= 15 is 0 Å². The van der Waals surface area contributed by atoms with Gasteiger partial charge in [0.05, 0.1) is 6.42 Å². The van der Waals surface area contributed by atoms with E-state index in [0.717, 1.165) is 27.6 Å². The number of nitrogens with zero attached hydrogens (tertiary/aromatic N) is 1. The minimum absolute atomic E-state index is 0.170. The molecule has 0 spiro atoms. The van der Waals surface area contributed by atoms with E-state index < -0.39 is 28.7 Å². The van der Waals surface area contributed by atoms with E-state index in [1.165, 1.54) is 11.3 Å². The number of hydrogen-bond acceptors (Lipinski definition) is 6. The van der Waals surface area contributed by atoms with Crippen LogP contribution in [-0.2, 0) is 20.8 Å². The monoisotopic (exact) mass is 340 g/mol. The van der Waals surface area contributed by atoms with Gasteiger partial charge >= 0.3 is 5.97 Å². The Morgan fingerprint density at radius 1 is 1.41 bits per heavy atom. The highest BCUT2D eigenvalue weighted by Crippen LogP contribution is 2.40. The molecule has 3 heterocycles. The van der Waals surface area contributed by atoms with Crippen molar-refractivity contribution in [2.75, 3.05) is 0 Å². The van der Waals surface area contributed by atoms with Gasteiger partial charge < -0.3 is 15.5 Å². The third-order valence-corrected chi connectivity index (χ3v) is 5.39. The number of nitrogens with one attached hydrogen (secondary N) is 1. The molecule has 2 aliphatic heterocycles. The highest BCUT2D eigenvalue weighted by atomic mass is 32.2. The van der Waals surface area contributed by atoms with Crippen molar-refractivity contribution in [1.82, 2.24) is 10.2 Å². The smallest absolute Gasteiger partial charge is 0.352 e. The van der Waals surface area contributed by atoms with E-state index in [0.29, 0.717) is 0 Å². The van der Waals surface area contributed by atoms with Crippen LogP contribution in [-0.4, -0.2) is 49.7 Å². The average Bonchev–Trinajstić information content (AvgIpc) is 2.96. The van der Waals surface area contributed by atoms with Crippen LogP contribution in [0.1, 0.15) is 4.88 Å². The third kappa shape index (κ3) is 2.62. The lowest BCUT2D eigenvalue weighted by Gasteiger charge is -2.49. The first-order valence-corrected chi connectivity index (χ1v) is 8.23.